The van der Waals surface area contributed by atoms with Crippen LogP contribution >= 0.6 is 58.1 Å². The van der Waals surface area contributed by atoms with Gasteiger partial charge in [-0.25, -0.2) is 30.2 Å². The molecule has 12 nitrogen and oxygen atoms in total. The van der Waals surface area contributed by atoms with Crippen LogP contribution in [0.25, 0.3) is 0 Å². The van der Waals surface area contributed by atoms with Crippen molar-refractivity contribution in [2.75, 3.05) is 25.6 Å². The van der Waals surface area contributed by atoms with Crippen LogP contribution in [0.2, 0.25) is 9.62 Å². The van der Waals surface area contributed by atoms with Crippen molar-refractivity contribution in [3.05, 3.63) is 64.8 Å². The molecule has 0 saturated heterocycles. The second kappa shape index (κ2) is 16.5. The van der Waals surface area contributed by atoms with E-state index in [0.29, 0.717) is 46.1 Å². The van der Waals surface area contributed by atoms with Crippen LogP contribution in [0.15, 0.2) is 34.7 Å². The van der Waals surface area contributed by atoms with Crippen molar-refractivity contribution in [3.8, 4) is 0 Å². The molecule has 0 bridgehead atoms. The topological polar surface area (TPSA) is 143 Å². The Labute approximate surface area is 225 Å². The number of thioether (sulfide) groups is 2. The molecular weight excluding hydrogens is 559 g/mol. The molecule has 0 aromatic carbocycles. The van der Waals surface area contributed by atoms with Crippen LogP contribution in [0.5, 0.6) is 0 Å². The third-order valence-electron chi connectivity index (χ3n) is 4.04. The van der Waals surface area contributed by atoms with Gasteiger partial charge in [0.2, 0.25) is 10.3 Å². The first-order chi connectivity index (χ1) is 16.6. The van der Waals surface area contributed by atoms with Crippen molar-refractivity contribution in [2.24, 2.45) is 10.2 Å². The van der Waals surface area contributed by atoms with Crippen molar-refractivity contribution < 1.29 is 10.1 Å². The molecule has 2 aromatic heterocycles. The summed E-state index contributed by atoms with van der Waals surface area (Å²) < 4.78 is 0.466. The summed E-state index contributed by atoms with van der Waals surface area (Å²) in [6.45, 7) is 6.10. The van der Waals surface area contributed by atoms with Gasteiger partial charge in [0.1, 0.15) is 5.15 Å². The first-order valence-corrected chi connectivity index (χ1v) is 13.9. The molecule has 0 aliphatic rings. The number of thiazole rings is 1. The summed E-state index contributed by atoms with van der Waals surface area (Å²) in [4.78, 5) is 33.3. The molecule has 0 unspecified atom stereocenters. The molecule has 0 aliphatic heterocycles. The van der Waals surface area contributed by atoms with Crippen molar-refractivity contribution >= 4 is 68.4 Å². The number of nitrogens with zero attached hydrogens (tertiary/aromatic N) is 8. The maximum atomic E-state index is 10.4. The number of aromatic nitrogens is 2. The van der Waals surface area contributed by atoms with Gasteiger partial charge in [0.15, 0.2) is 14.5 Å². The molecule has 2 heterocycles. The average molecular weight is 584 g/mol. The van der Waals surface area contributed by atoms with Crippen molar-refractivity contribution in [3.63, 3.8) is 0 Å². The summed E-state index contributed by atoms with van der Waals surface area (Å²) in [5.41, 5.74) is 0.923. The average Bonchev–Trinajstić information content (AvgIpc) is 3.24. The molecule has 0 aliphatic carbocycles. The van der Waals surface area contributed by atoms with Gasteiger partial charge < -0.3 is 9.80 Å². The number of nitro groups is 2. The largest absolute Gasteiger partial charge is 0.342 e. The Morgan fingerprint density at radius 2 is 1.51 bits per heavy atom. The predicted molar refractivity (Wildman–Crippen MR) is 144 cm³/mol. The molecular formula is C18H24Cl2N8O4S3. The van der Waals surface area contributed by atoms with Crippen LogP contribution in [0.1, 0.15) is 24.3 Å². The maximum Gasteiger partial charge on any atom is 0.237 e. The van der Waals surface area contributed by atoms with Gasteiger partial charge in [-0.15, -0.1) is 11.3 Å². The lowest BCUT2D eigenvalue weighted by molar-refractivity contribution is -0.485. The molecule has 192 valence electrons. The standard InChI is InChI=1S/C10H13ClN4O2S.C8H11ClN4O2S2/c1-3-14(10(18-2)13-15(16)17)7-8-4-5-9(11)12-6-8;1-3-12(8(16-2)11-13(14)15)5-6-4-10-7(9)17-6/h4-6H,3,7H2,1-2H3;4H,3,5H2,1-2H3/b13-10-;11-8-. The van der Waals surface area contributed by atoms with Crippen molar-refractivity contribution in [1.29, 1.82) is 0 Å². The fraction of sp³-hybridized carbons (Fsp3) is 0.444. The fourth-order valence-corrected chi connectivity index (χ4v) is 4.81. The highest BCUT2D eigenvalue weighted by atomic mass is 35.5. The van der Waals surface area contributed by atoms with E-state index in [0.717, 1.165) is 10.4 Å². The molecule has 0 radical (unpaired) electrons. The third-order valence-corrected chi connectivity index (χ3v) is 6.77. The summed E-state index contributed by atoms with van der Waals surface area (Å²) in [6, 6.07) is 3.52. The molecule has 0 amide bonds. The molecule has 0 saturated carbocycles. The van der Waals surface area contributed by atoms with Crippen LogP contribution in [0, 0.1) is 20.2 Å². The van der Waals surface area contributed by atoms with E-state index in [1.54, 1.807) is 40.8 Å². The third kappa shape index (κ3) is 11.9. The number of hydrazone groups is 2. The number of amidine groups is 2. The number of halogens is 2. The molecule has 0 N–H and O–H groups in total. The van der Waals surface area contributed by atoms with Crippen molar-refractivity contribution in [1.82, 2.24) is 19.8 Å². The summed E-state index contributed by atoms with van der Waals surface area (Å²) in [5.74, 6) is 0. The first-order valence-electron chi connectivity index (χ1n) is 9.87. The Bertz CT molecular complexity index is 1020. The van der Waals surface area contributed by atoms with Gasteiger partial charge in [-0.1, -0.05) is 52.8 Å². The quantitative estimate of drug-likeness (QED) is 0.137. The highest BCUT2D eigenvalue weighted by molar-refractivity contribution is 8.13. The van der Waals surface area contributed by atoms with E-state index >= 15 is 0 Å². The van der Waals surface area contributed by atoms with E-state index in [9.17, 15) is 20.2 Å². The lowest BCUT2D eigenvalue weighted by atomic mass is 10.3. The van der Waals surface area contributed by atoms with Crippen LogP contribution in [0.4, 0.5) is 0 Å². The van der Waals surface area contributed by atoms with Gasteiger partial charge in [0.05, 0.1) is 16.7 Å². The zero-order valence-electron chi connectivity index (χ0n) is 19.3. The molecule has 0 atom stereocenters. The monoisotopic (exact) mass is 582 g/mol. The van der Waals surface area contributed by atoms with Gasteiger partial charge in [-0.05, 0) is 38.0 Å². The minimum Gasteiger partial charge on any atom is -0.342 e. The number of pyridine rings is 1. The Hall–Kier alpha value is -2.20. The Morgan fingerprint density at radius 3 is 1.89 bits per heavy atom. The van der Waals surface area contributed by atoms with E-state index < -0.39 is 10.1 Å². The van der Waals surface area contributed by atoms with Crippen LogP contribution in [-0.2, 0) is 13.1 Å². The van der Waals surface area contributed by atoms with Crippen molar-refractivity contribution in [2.45, 2.75) is 26.9 Å². The molecule has 0 spiro atoms. The van der Waals surface area contributed by atoms with Gasteiger partial charge in [-0.2, -0.15) is 0 Å². The summed E-state index contributed by atoms with van der Waals surface area (Å²) in [7, 11) is 0. The molecule has 35 heavy (non-hydrogen) atoms. The summed E-state index contributed by atoms with van der Waals surface area (Å²) in [6.07, 6.45) is 6.82. The fourth-order valence-electron chi connectivity index (χ4n) is 2.50. The highest BCUT2D eigenvalue weighted by Gasteiger charge is 2.15. The minimum absolute atomic E-state index is 0.373. The lowest BCUT2D eigenvalue weighted by Gasteiger charge is -2.20. The van der Waals surface area contributed by atoms with Crippen LogP contribution < -0.4 is 0 Å². The molecule has 17 heteroatoms. The second-order valence-corrected chi connectivity index (χ2v) is 9.88. The van der Waals surface area contributed by atoms with E-state index in [1.165, 1.54) is 34.9 Å². The molecule has 2 rings (SSSR count). The summed E-state index contributed by atoms with van der Waals surface area (Å²) in [5, 5.41) is 27.3. The number of hydrogen-bond acceptors (Lipinski definition) is 9. The Morgan fingerprint density at radius 1 is 0.971 bits per heavy atom. The second-order valence-electron chi connectivity index (χ2n) is 6.25. The normalized spacial score (nSPS) is 11.5. The smallest absolute Gasteiger partial charge is 0.237 e. The zero-order valence-corrected chi connectivity index (χ0v) is 23.3. The van der Waals surface area contributed by atoms with Gasteiger partial charge in [0.25, 0.3) is 0 Å². The van der Waals surface area contributed by atoms with Gasteiger partial charge >= 0.3 is 0 Å². The number of rotatable bonds is 8. The molecule has 0 fully saturated rings. The van der Waals surface area contributed by atoms with E-state index in [1.807, 2.05) is 19.9 Å². The van der Waals surface area contributed by atoms with Crippen LogP contribution in [0.3, 0.4) is 0 Å². The SMILES string of the molecule is CCN(Cc1ccc(Cl)nc1)/C(=N/[N+](=O)[O-])SC.CCN(Cc1cnc(Cl)s1)/C(=N/[N+](=O)[O-])SC. The Balaban J connectivity index is 0.000000351. The lowest BCUT2D eigenvalue weighted by Crippen LogP contribution is -2.28. The van der Waals surface area contributed by atoms with Gasteiger partial charge in [0, 0.05) is 36.9 Å². The minimum atomic E-state index is -0.686. The van der Waals surface area contributed by atoms with Gasteiger partial charge in [-0.3, -0.25) is 0 Å². The number of hydrogen-bond donors (Lipinski definition) is 0. The van der Waals surface area contributed by atoms with Crippen LogP contribution in [-0.4, -0.2) is 65.8 Å². The first kappa shape index (κ1) is 30.8. The Kier molecular flexibility index (Phi) is 14.5. The summed E-state index contributed by atoms with van der Waals surface area (Å²) >= 11 is 15.3. The van der Waals surface area contributed by atoms with E-state index in [-0.39, 0.29) is 0 Å². The molecule has 2 aromatic rings. The predicted octanol–water partition coefficient (Wildman–Crippen LogP) is 5.00. The zero-order chi connectivity index (χ0) is 26.4. The van der Waals surface area contributed by atoms with E-state index in [4.69, 9.17) is 23.2 Å². The van der Waals surface area contributed by atoms with E-state index in [2.05, 4.69) is 20.2 Å². The highest BCUT2D eigenvalue weighted by Crippen LogP contribution is 2.20. The maximum absolute atomic E-state index is 10.4.